The van der Waals surface area contributed by atoms with Crippen LogP contribution >= 0.6 is 0 Å². The van der Waals surface area contributed by atoms with Crippen LogP contribution in [0.2, 0.25) is 0 Å². The molecule has 1 amide bonds. The number of carbonyl (C=O) groups excluding carboxylic acids is 2. The Balaban J connectivity index is 1.54. The zero-order valence-corrected chi connectivity index (χ0v) is 15.5. The molecular weight excluding hydrogens is 415 g/mol. The molecule has 1 N–H and O–H groups in total. The van der Waals surface area contributed by atoms with Gasteiger partial charge in [-0.1, -0.05) is 0 Å². The average molecular weight is 429 g/mol. The van der Waals surface area contributed by atoms with Crippen molar-refractivity contribution < 1.29 is 35.9 Å². The van der Waals surface area contributed by atoms with Gasteiger partial charge < -0.3 is 15.0 Å². The standard InChI is InChI=1S/C17H14F3N3O5S/c18-17(19,20)12-2-4-13(5-3-12)21-15(24)10-28-16(25)11-1-6-14-22-29(26,27)8-7-23(14)9-11/h1-6,9H,7-8,10H2,(H,21,24). The highest BCUT2D eigenvalue weighted by molar-refractivity contribution is 7.90. The lowest BCUT2D eigenvalue weighted by atomic mass is 10.2. The van der Waals surface area contributed by atoms with Crippen LogP contribution in [0.25, 0.3) is 0 Å². The Hall–Kier alpha value is -3.15. The van der Waals surface area contributed by atoms with Crippen molar-refractivity contribution in [3.63, 3.8) is 0 Å². The lowest BCUT2D eigenvalue weighted by Crippen LogP contribution is -2.37. The third-order valence-electron chi connectivity index (χ3n) is 3.89. The minimum atomic E-state index is -4.48. The zero-order chi connectivity index (χ0) is 21.2. The quantitative estimate of drug-likeness (QED) is 0.731. The number of hydrogen-bond donors (Lipinski definition) is 1. The van der Waals surface area contributed by atoms with Crippen molar-refractivity contribution in [2.75, 3.05) is 24.2 Å². The first kappa shape index (κ1) is 20.6. The van der Waals surface area contributed by atoms with E-state index in [0.29, 0.717) is 0 Å². The Kier molecular flexibility index (Phi) is 5.46. The van der Waals surface area contributed by atoms with Crippen LogP contribution in [0, 0.1) is 0 Å². The maximum Gasteiger partial charge on any atom is 0.416 e. The molecule has 3 rings (SSSR count). The SMILES string of the molecule is O=C(COC(=O)C1=CN2CCS(=O)(=O)N=C2C=C1)Nc1ccc(C(F)(F)F)cc1. The molecule has 1 aromatic carbocycles. The molecule has 0 atom stereocenters. The molecule has 0 unspecified atom stereocenters. The molecule has 2 heterocycles. The number of benzene rings is 1. The summed E-state index contributed by atoms with van der Waals surface area (Å²) in [6.07, 6.45) is -0.464. The summed E-state index contributed by atoms with van der Waals surface area (Å²) in [6, 6.07) is 3.80. The first-order valence-corrected chi connectivity index (χ1v) is 9.78. The van der Waals surface area contributed by atoms with Crippen LogP contribution in [-0.4, -0.2) is 49.9 Å². The van der Waals surface area contributed by atoms with E-state index in [9.17, 15) is 31.2 Å². The Morgan fingerprint density at radius 2 is 1.86 bits per heavy atom. The van der Waals surface area contributed by atoms with E-state index in [1.165, 1.54) is 23.3 Å². The van der Waals surface area contributed by atoms with E-state index in [1.807, 2.05) is 0 Å². The molecule has 2 aliphatic heterocycles. The first-order valence-electron chi connectivity index (χ1n) is 8.17. The van der Waals surface area contributed by atoms with Crippen LogP contribution in [0.1, 0.15) is 5.56 Å². The van der Waals surface area contributed by atoms with Gasteiger partial charge in [-0.3, -0.25) is 4.79 Å². The summed E-state index contributed by atoms with van der Waals surface area (Å²) in [5.41, 5.74) is -0.650. The number of esters is 1. The van der Waals surface area contributed by atoms with Gasteiger partial charge in [0.05, 0.1) is 16.9 Å². The summed E-state index contributed by atoms with van der Waals surface area (Å²) in [5.74, 6) is -1.58. The molecule has 0 aliphatic carbocycles. The van der Waals surface area contributed by atoms with E-state index in [-0.39, 0.29) is 29.4 Å². The number of nitrogens with zero attached hydrogens (tertiary/aromatic N) is 2. The molecule has 154 valence electrons. The summed E-state index contributed by atoms with van der Waals surface area (Å²) in [7, 11) is -3.52. The van der Waals surface area contributed by atoms with E-state index in [2.05, 4.69) is 9.71 Å². The number of amides is 1. The Morgan fingerprint density at radius 3 is 2.52 bits per heavy atom. The zero-order valence-electron chi connectivity index (χ0n) is 14.6. The van der Waals surface area contributed by atoms with Gasteiger partial charge in [-0.2, -0.15) is 13.2 Å². The second kappa shape index (κ2) is 7.70. The van der Waals surface area contributed by atoms with Crippen LogP contribution in [0.4, 0.5) is 18.9 Å². The van der Waals surface area contributed by atoms with Gasteiger partial charge in [-0.25, -0.2) is 13.2 Å². The van der Waals surface area contributed by atoms with Gasteiger partial charge in [0.2, 0.25) is 0 Å². The molecule has 29 heavy (non-hydrogen) atoms. The number of nitrogens with one attached hydrogen (secondary N) is 1. The molecule has 0 radical (unpaired) electrons. The topological polar surface area (TPSA) is 105 Å². The third-order valence-corrected chi connectivity index (χ3v) is 5.05. The number of alkyl halides is 3. The van der Waals surface area contributed by atoms with Crippen molar-refractivity contribution in [3.8, 4) is 0 Å². The molecule has 0 fully saturated rings. The van der Waals surface area contributed by atoms with Crippen LogP contribution in [0.15, 0.2) is 52.6 Å². The lowest BCUT2D eigenvalue weighted by molar-refractivity contribution is -0.143. The van der Waals surface area contributed by atoms with Gasteiger partial charge in [-0.05, 0) is 36.4 Å². The summed E-state index contributed by atoms with van der Waals surface area (Å²) in [5, 5.41) is 2.32. The van der Waals surface area contributed by atoms with Crippen LogP contribution in [-0.2, 0) is 30.5 Å². The van der Waals surface area contributed by atoms with Crippen LogP contribution in [0.5, 0.6) is 0 Å². The van der Waals surface area contributed by atoms with Crippen molar-refractivity contribution >= 4 is 33.4 Å². The fourth-order valence-electron chi connectivity index (χ4n) is 2.48. The second-order valence-corrected chi connectivity index (χ2v) is 7.80. The molecule has 0 bridgehead atoms. The van der Waals surface area contributed by atoms with Crippen molar-refractivity contribution in [2.24, 2.45) is 4.40 Å². The monoisotopic (exact) mass is 429 g/mol. The Morgan fingerprint density at radius 1 is 1.17 bits per heavy atom. The highest BCUT2D eigenvalue weighted by Crippen LogP contribution is 2.29. The first-order chi connectivity index (χ1) is 13.5. The fourth-order valence-corrected chi connectivity index (χ4v) is 3.45. The van der Waals surface area contributed by atoms with Crippen molar-refractivity contribution in [1.29, 1.82) is 0 Å². The maximum absolute atomic E-state index is 12.5. The lowest BCUT2D eigenvalue weighted by Gasteiger charge is -2.26. The van der Waals surface area contributed by atoms with Crippen LogP contribution in [0.3, 0.4) is 0 Å². The number of amidine groups is 1. The highest BCUT2D eigenvalue weighted by atomic mass is 32.2. The van der Waals surface area contributed by atoms with E-state index < -0.39 is 40.2 Å². The van der Waals surface area contributed by atoms with Gasteiger partial charge in [0, 0.05) is 18.4 Å². The van der Waals surface area contributed by atoms with Crippen molar-refractivity contribution in [3.05, 3.63) is 53.8 Å². The van der Waals surface area contributed by atoms with Gasteiger partial charge in [0.1, 0.15) is 5.84 Å². The maximum atomic E-state index is 12.5. The highest BCUT2D eigenvalue weighted by Gasteiger charge is 2.30. The predicted octanol–water partition coefficient (Wildman–Crippen LogP) is 1.68. The molecule has 1 aromatic rings. The number of rotatable bonds is 4. The van der Waals surface area contributed by atoms with Gasteiger partial charge in [0.25, 0.3) is 15.9 Å². The number of sulfonamides is 1. The normalized spacial score (nSPS) is 17.7. The van der Waals surface area contributed by atoms with E-state index in [4.69, 9.17) is 4.74 Å². The number of hydrogen-bond acceptors (Lipinski definition) is 6. The van der Waals surface area contributed by atoms with Gasteiger partial charge in [0.15, 0.2) is 6.61 Å². The molecule has 12 heteroatoms. The summed E-state index contributed by atoms with van der Waals surface area (Å²) in [4.78, 5) is 25.4. The molecule has 0 spiro atoms. The van der Waals surface area contributed by atoms with Gasteiger partial charge in [-0.15, -0.1) is 4.40 Å². The minimum Gasteiger partial charge on any atom is -0.452 e. The average Bonchev–Trinajstić information content (AvgIpc) is 2.64. The number of fused-ring (bicyclic) bond motifs is 1. The molecule has 2 aliphatic rings. The minimum absolute atomic E-state index is 0.0885. The Labute approximate surface area is 163 Å². The molecule has 0 saturated heterocycles. The number of carbonyl (C=O) groups is 2. The van der Waals surface area contributed by atoms with Gasteiger partial charge >= 0.3 is 12.1 Å². The largest absolute Gasteiger partial charge is 0.452 e. The van der Waals surface area contributed by atoms with E-state index in [0.717, 1.165) is 24.3 Å². The van der Waals surface area contributed by atoms with E-state index >= 15 is 0 Å². The molecular formula is C17H14F3N3O5S. The third kappa shape index (κ3) is 5.22. The smallest absolute Gasteiger partial charge is 0.416 e. The number of ether oxygens (including phenoxy) is 1. The Bertz CT molecular complexity index is 1030. The summed E-state index contributed by atoms with van der Waals surface area (Å²) >= 11 is 0. The summed E-state index contributed by atoms with van der Waals surface area (Å²) in [6.45, 7) is -0.531. The molecule has 0 aromatic heterocycles. The van der Waals surface area contributed by atoms with Crippen molar-refractivity contribution in [2.45, 2.75) is 6.18 Å². The van der Waals surface area contributed by atoms with Crippen LogP contribution < -0.4 is 5.32 Å². The molecule has 8 nitrogen and oxygen atoms in total. The summed E-state index contributed by atoms with van der Waals surface area (Å²) < 4.78 is 68.9. The number of halogens is 3. The number of anilines is 1. The van der Waals surface area contributed by atoms with E-state index in [1.54, 1.807) is 0 Å². The molecule has 0 saturated carbocycles. The predicted molar refractivity (Wildman–Crippen MR) is 96.2 cm³/mol. The second-order valence-electron chi connectivity index (χ2n) is 6.05. The fraction of sp³-hybridized carbons (Fsp3) is 0.235. The van der Waals surface area contributed by atoms with Crippen molar-refractivity contribution in [1.82, 2.24) is 4.90 Å².